The van der Waals surface area contributed by atoms with Crippen molar-refractivity contribution in [2.75, 3.05) is 13.7 Å². The number of rotatable bonds is 7. The summed E-state index contributed by atoms with van der Waals surface area (Å²) in [5, 5.41) is 10.3. The zero-order valence-corrected chi connectivity index (χ0v) is 14.6. The lowest BCUT2D eigenvalue weighted by molar-refractivity contribution is -0.132. The van der Waals surface area contributed by atoms with Gasteiger partial charge in [-0.3, -0.25) is 4.79 Å². The van der Waals surface area contributed by atoms with Crippen molar-refractivity contribution in [2.24, 2.45) is 0 Å². The molecular weight excluding hydrogens is 318 g/mol. The van der Waals surface area contributed by atoms with Gasteiger partial charge in [-0.15, -0.1) is 0 Å². The van der Waals surface area contributed by atoms with E-state index in [1.807, 2.05) is 29.2 Å². The van der Waals surface area contributed by atoms with Gasteiger partial charge in [0.1, 0.15) is 17.6 Å². The van der Waals surface area contributed by atoms with E-state index in [-0.39, 0.29) is 11.9 Å². The number of hydrogen-bond acceptors (Lipinski definition) is 4. The molecular formula is C20H25NO4. The van der Waals surface area contributed by atoms with Crippen LogP contribution in [0.3, 0.4) is 0 Å². The fraction of sp³-hybridized carbons (Fsp3) is 0.450. The molecule has 5 heteroatoms. The first kappa shape index (κ1) is 17.5. The molecule has 2 aromatic rings. The molecule has 1 aliphatic heterocycles. The SMILES string of the molecule is COc1cccc(CCC(=O)N2CCCC2CC(O)c2ccco2)c1. The van der Waals surface area contributed by atoms with Crippen molar-refractivity contribution in [1.82, 2.24) is 4.90 Å². The number of amides is 1. The minimum atomic E-state index is -0.660. The van der Waals surface area contributed by atoms with Gasteiger partial charge in [0.25, 0.3) is 0 Å². The van der Waals surface area contributed by atoms with Gasteiger partial charge in [-0.2, -0.15) is 0 Å². The Hall–Kier alpha value is -2.27. The Bertz CT molecular complexity index is 683. The Labute approximate surface area is 148 Å². The number of carbonyl (C=O) groups excluding carboxylic acids is 1. The molecule has 1 amide bonds. The van der Waals surface area contributed by atoms with Gasteiger partial charge in [-0.1, -0.05) is 12.1 Å². The quantitative estimate of drug-likeness (QED) is 0.837. The zero-order valence-electron chi connectivity index (χ0n) is 14.6. The van der Waals surface area contributed by atoms with E-state index in [2.05, 4.69) is 0 Å². The minimum absolute atomic E-state index is 0.0814. The number of hydrogen-bond donors (Lipinski definition) is 1. The molecule has 2 atom stereocenters. The molecule has 1 N–H and O–H groups in total. The molecule has 0 spiro atoms. The Balaban J connectivity index is 1.55. The number of methoxy groups -OCH3 is 1. The summed E-state index contributed by atoms with van der Waals surface area (Å²) >= 11 is 0. The van der Waals surface area contributed by atoms with Crippen molar-refractivity contribution in [3.63, 3.8) is 0 Å². The van der Waals surface area contributed by atoms with Crippen LogP contribution in [0, 0.1) is 0 Å². The van der Waals surface area contributed by atoms with Crippen LogP contribution < -0.4 is 4.74 Å². The number of likely N-dealkylation sites (tertiary alicyclic amines) is 1. The van der Waals surface area contributed by atoms with Crippen LogP contribution >= 0.6 is 0 Å². The predicted octanol–water partition coefficient (Wildman–Crippen LogP) is 3.34. The first-order valence-corrected chi connectivity index (χ1v) is 8.81. The lowest BCUT2D eigenvalue weighted by atomic mass is 10.0. The van der Waals surface area contributed by atoms with E-state index in [4.69, 9.17) is 9.15 Å². The summed E-state index contributed by atoms with van der Waals surface area (Å²) in [5.74, 6) is 1.53. The molecule has 1 saturated heterocycles. The molecule has 1 aromatic heterocycles. The number of carbonyl (C=O) groups is 1. The average molecular weight is 343 g/mol. The van der Waals surface area contributed by atoms with Crippen LogP contribution in [0.25, 0.3) is 0 Å². The number of aryl methyl sites for hydroxylation is 1. The number of aliphatic hydroxyl groups excluding tert-OH is 1. The molecule has 2 unspecified atom stereocenters. The van der Waals surface area contributed by atoms with Gasteiger partial charge in [0.05, 0.1) is 13.4 Å². The Morgan fingerprint density at radius 2 is 2.28 bits per heavy atom. The normalized spacial score (nSPS) is 18.3. The van der Waals surface area contributed by atoms with Gasteiger partial charge in [-0.25, -0.2) is 0 Å². The summed E-state index contributed by atoms with van der Waals surface area (Å²) in [6.45, 7) is 0.770. The second-order valence-electron chi connectivity index (χ2n) is 6.50. The van der Waals surface area contributed by atoms with Crippen molar-refractivity contribution < 1.29 is 19.1 Å². The van der Waals surface area contributed by atoms with E-state index in [0.29, 0.717) is 25.0 Å². The highest BCUT2D eigenvalue weighted by molar-refractivity contribution is 5.77. The van der Waals surface area contributed by atoms with Gasteiger partial charge < -0.3 is 19.2 Å². The lowest BCUT2D eigenvalue weighted by Crippen LogP contribution is -2.36. The summed E-state index contributed by atoms with van der Waals surface area (Å²) in [5.41, 5.74) is 1.10. The summed E-state index contributed by atoms with van der Waals surface area (Å²) in [4.78, 5) is 14.6. The van der Waals surface area contributed by atoms with Crippen molar-refractivity contribution in [3.05, 3.63) is 54.0 Å². The van der Waals surface area contributed by atoms with Gasteiger partial charge in [-0.05, 0) is 49.1 Å². The van der Waals surface area contributed by atoms with Crippen LogP contribution in [0.5, 0.6) is 5.75 Å². The highest BCUT2D eigenvalue weighted by atomic mass is 16.5. The smallest absolute Gasteiger partial charge is 0.223 e. The fourth-order valence-corrected chi connectivity index (χ4v) is 3.49. The van der Waals surface area contributed by atoms with Crippen molar-refractivity contribution in [2.45, 2.75) is 44.2 Å². The molecule has 3 rings (SSSR count). The first-order chi connectivity index (χ1) is 12.2. The van der Waals surface area contributed by atoms with Crippen LogP contribution in [0.15, 0.2) is 47.1 Å². The second-order valence-corrected chi connectivity index (χ2v) is 6.50. The molecule has 0 bridgehead atoms. The Morgan fingerprint density at radius 1 is 1.40 bits per heavy atom. The molecule has 0 radical (unpaired) electrons. The maximum atomic E-state index is 12.6. The molecule has 0 saturated carbocycles. The summed E-state index contributed by atoms with van der Waals surface area (Å²) in [6, 6.07) is 11.4. The molecule has 1 aliphatic rings. The van der Waals surface area contributed by atoms with E-state index in [1.54, 1.807) is 25.5 Å². The monoisotopic (exact) mass is 343 g/mol. The van der Waals surface area contributed by atoms with Gasteiger partial charge in [0, 0.05) is 25.4 Å². The molecule has 0 aliphatic carbocycles. The third kappa shape index (κ3) is 4.42. The number of furan rings is 1. The summed E-state index contributed by atoms with van der Waals surface area (Å²) in [6.07, 6.45) is 4.51. The van der Waals surface area contributed by atoms with E-state index >= 15 is 0 Å². The lowest BCUT2D eigenvalue weighted by Gasteiger charge is -2.26. The van der Waals surface area contributed by atoms with Crippen molar-refractivity contribution >= 4 is 5.91 Å². The number of aliphatic hydroxyl groups is 1. The number of nitrogens with zero attached hydrogens (tertiary/aromatic N) is 1. The van der Waals surface area contributed by atoms with E-state index in [1.165, 1.54) is 0 Å². The van der Waals surface area contributed by atoms with Crippen LogP contribution in [-0.4, -0.2) is 35.6 Å². The van der Waals surface area contributed by atoms with E-state index in [9.17, 15) is 9.90 Å². The topological polar surface area (TPSA) is 62.9 Å². The predicted molar refractivity (Wildman–Crippen MR) is 94.3 cm³/mol. The Kier molecular flexibility index (Phi) is 5.76. The van der Waals surface area contributed by atoms with Crippen LogP contribution in [0.1, 0.15) is 43.1 Å². The molecule has 1 fully saturated rings. The molecule has 5 nitrogen and oxygen atoms in total. The van der Waals surface area contributed by atoms with Gasteiger partial charge >= 0.3 is 0 Å². The highest BCUT2D eigenvalue weighted by Crippen LogP contribution is 2.28. The van der Waals surface area contributed by atoms with Crippen LogP contribution in [0.4, 0.5) is 0 Å². The molecule has 2 heterocycles. The maximum Gasteiger partial charge on any atom is 0.223 e. The zero-order chi connectivity index (χ0) is 17.6. The fourth-order valence-electron chi connectivity index (χ4n) is 3.49. The standard InChI is InChI=1S/C20H25NO4/c1-24-17-7-2-5-15(13-17)9-10-20(23)21-11-3-6-16(21)14-18(22)19-8-4-12-25-19/h2,4-5,7-8,12-13,16,18,22H,3,6,9-11,14H2,1H3. The third-order valence-corrected chi connectivity index (χ3v) is 4.83. The molecule has 134 valence electrons. The largest absolute Gasteiger partial charge is 0.497 e. The van der Waals surface area contributed by atoms with Gasteiger partial charge in [0.15, 0.2) is 0 Å². The average Bonchev–Trinajstić information content (AvgIpc) is 3.31. The summed E-state index contributed by atoms with van der Waals surface area (Å²) in [7, 11) is 1.64. The molecule has 25 heavy (non-hydrogen) atoms. The van der Waals surface area contributed by atoms with Gasteiger partial charge in [0.2, 0.25) is 5.91 Å². The third-order valence-electron chi connectivity index (χ3n) is 4.83. The summed E-state index contributed by atoms with van der Waals surface area (Å²) < 4.78 is 10.5. The number of ether oxygens (including phenoxy) is 1. The molecule has 1 aromatic carbocycles. The van der Waals surface area contributed by atoms with Crippen molar-refractivity contribution in [3.8, 4) is 5.75 Å². The second kappa shape index (κ2) is 8.21. The Morgan fingerprint density at radius 3 is 3.04 bits per heavy atom. The number of benzene rings is 1. The van der Waals surface area contributed by atoms with Crippen LogP contribution in [-0.2, 0) is 11.2 Å². The van der Waals surface area contributed by atoms with E-state index in [0.717, 1.165) is 30.7 Å². The minimum Gasteiger partial charge on any atom is -0.497 e. The first-order valence-electron chi connectivity index (χ1n) is 8.81. The van der Waals surface area contributed by atoms with Crippen molar-refractivity contribution in [1.29, 1.82) is 0 Å². The highest BCUT2D eigenvalue weighted by Gasteiger charge is 2.30. The van der Waals surface area contributed by atoms with Crippen LogP contribution in [0.2, 0.25) is 0 Å². The van der Waals surface area contributed by atoms with E-state index < -0.39 is 6.10 Å². The maximum absolute atomic E-state index is 12.6.